The fourth-order valence-corrected chi connectivity index (χ4v) is 1.29. The lowest BCUT2D eigenvalue weighted by molar-refractivity contribution is -0.122. The molecule has 0 radical (unpaired) electrons. The first-order valence-corrected chi connectivity index (χ1v) is 5.48. The molecular formula is C12H23NO. The van der Waals surface area contributed by atoms with E-state index in [1.807, 2.05) is 19.9 Å². The van der Waals surface area contributed by atoms with Gasteiger partial charge in [0.05, 0.1) is 0 Å². The van der Waals surface area contributed by atoms with Crippen LogP contribution in [-0.2, 0) is 4.79 Å². The second-order valence-electron chi connectivity index (χ2n) is 4.00. The van der Waals surface area contributed by atoms with E-state index < -0.39 is 0 Å². The van der Waals surface area contributed by atoms with E-state index in [9.17, 15) is 4.79 Å². The van der Waals surface area contributed by atoms with Gasteiger partial charge in [0.15, 0.2) is 0 Å². The average Bonchev–Trinajstić information content (AvgIpc) is 2.16. The lowest BCUT2D eigenvalue weighted by atomic mass is 9.95. The van der Waals surface area contributed by atoms with Crippen molar-refractivity contribution < 1.29 is 4.79 Å². The third kappa shape index (κ3) is 5.92. The van der Waals surface area contributed by atoms with Crippen LogP contribution in [0.2, 0.25) is 0 Å². The van der Waals surface area contributed by atoms with Crippen molar-refractivity contribution in [2.45, 2.75) is 52.0 Å². The van der Waals surface area contributed by atoms with Crippen molar-refractivity contribution in [3.63, 3.8) is 0 Å². The van der Waals surface area contributed by atoms with Gasteiger partial charge >= 0.3 is 0 Å². The highest BCUT2D eigenvalue weighted by atomic mass is 16.1. The van der Waals surface area contributed by atoms with Crippen molar-refractivity contribution in [2.24, 2.45) is 11.7 Å². The Hall–Kier alpha value is -0.630. The van der Waals surface area contributed by atoms with Gasteiger partial charge in [0.2, 0.25) is 0 Å². The quantitative estimate of drug-likeness (QED) is 0.480. The number of rotatable bonds is 8. The van der Waals surface area contributed by atoms with E-state index >= 15 is 0 Å². The van der Waals surface area contributed by atoms with Gasteiger partial charge in [-0.25, -0.2) is 0 Å². The highest BCUT2D eigenvalue weighted by Gasteiger charge is 2.15. The second-order valence-corrected chi connectivity index (χ2v) is 4.00. The summed E-state index contributed by atoms with van der Waals surface area (Å²) in [5, 5.41) is 0. The first kappa shape index (κ1) is 13.4. The monoisotopic (exact) mass is 197 g/mol. The summed E-state index contributed by atoms with van der Waals surface area (Å²) >= 11 is 0. The van der Waals surface area contributed by atoms with Gasteiger partial charge in [0, 0.05) is 18.4 Å². The molecule has 2 nitrogen and oxygen atoms in total. The lowest BCUT2D eigenvalue weighted by Crippen LogP contribution is -2.30. The summed E-state index contributed by atoms with van der Waals surface area (Å²) in [6.45, 7) is 7.46. The summed E-state index contributed by atoms with van der Waals surface area (Å²) in [6, 6.07) is -0.0179. The van der Waals surface area contributed by atoms with Crippen LogP contribution in [0, 0.1) is 5.92 Å². The molecule has 2 unspecified atom stereocenters. The minimum Gasteiger partial charge on any atom is -0.327 e. The van der Waals surface area contributed by atoms with Crippen molar-refractivity contribution in [3.05, 3.63) is 12.7 Å². The Kier molecular flexibility index (Phi) is 7.40. The maximum absolute atomic E-state index is 11.5. The number of Topliss-reactive ketones (excluding diaryl/α,β-unsaturated/α-hetero) is 1. The number of ketones is 1. The fourth-order valence-electron chi connectivity index (χ4n) is 1.29. The summed E-state index contributed by atoms with van der Waals surface area (Å²) in [7, 11) is 0. The van der Waals surface area contributed by atoms with Crippen molar-refractivity contribution in [1.82, 2.24) is 0 Å². The molecule has 0 aliphatic carbocycles. The van der Waals surface area contributed by atoms with Gasteiger partial charge in [-0.05, 0) is 26.2 Å². The lowest BCUT2D eigenvalue weighted by Gasteiger charge is -2.13. The summed E-state index contributed by atoms with van der Waals surface area (Å²) < 4.78 is 0. The zero-order valence-electron chi connectivity index (χ0n) is 9.46. The van der Waals surface area contributed by atoms with E-state index in [1.165, 1.54) is 0 Å². The molecular weight excluding hydrogens is 174 g/mol. The minimum atomic E-state index is -0.0179. The van der Waals surface area contributed by atoms with Gasteiger partial charge < -0.3 is 5.73 Å². The first-order valence-electron chi connectivity index (χ1n) is 5.48. The molecule has 0 spiro atoms. The van der Waals surface area contributed by atoms with Crippen LogP contribution in [0.5, 0.6) is 0 Å². The third-order valence-corrected chi connectivity index (χ3v) is 2.63. The average molecular weight is 197 g/mol. The van der Waals surface area contributed by atoms with Crippen molar-refractivity contribution in [2.75, 3.05) is 0 Å². The molecule has 0 saturated heterocycles. The number of carbonyl (C=O) groups excluding carboxylic acids is 1. The Morgan fingerprint density at radius 2 is 2.00 bits per heavy atom. The molecule has 0 fully saturated rings. The number of allylic oxidation sites excluding steroid dienone is 1. The summed E-state index contributed by atoms with van der Waals surface area (Å²) in [5.41, 5.74) is 5.65. The molecule has 0 saturated carbocycles. The molecule has 0 aromatic rings. The van der Waals surface area contributed by atoms with Crippen LogP contribution in [0.25, 0.3) is 0 Å². The number of carbonyl (C=O) groups is 1. The molecule has 14 heavy (non-hydrogen) atoms. The largest absolute Gasteiger partial charge is 0.327 e. The van der Waals surface area contributed by atoms with Gasteiger partial charge in [0.25, 0.3) is 0 Å². The maximum atomic E-state index is 11.5. The Balaban J connectivity index is 3.49. The molecule has 2 N–H and O–H groups in total. The predicted molar refractivity (Wildman–Crippen MR) is 61.1 cm³/mol. The molecule has 0 aromatic heterocycles. The zero-order valence-corrected chi connectivity index (χ0v) is 9.46. The van der Waals surface area contributed by atoms with Gasteiger partial charge in [-0.3, -0.25) is 4.79 Å². The van der Waals surface area contributed by atoms with Gasteiger partial charge in [0.1, 0.15) is 5.78 Å². The van der Waals surface area contributed by atoms with Crippen LogP contribution in [0.15, 0.2) is 12.7 Å². The van der Waals surface area contributed by atoms with Crippen LogP contribution in [0.3, 0.4) is 0 Å². The second kappa shape index (κ2) is 7.74. The van der Waals surface area contributed by atoms with Gasteiger partial charge in [-0.15, -0.1) is 6.58 Å². The van der Waals surface area contributed by atoms with Crippen molar-refractivity contribution in [3.8, 4) is 0 Å². The Bertz CT molecular complexity index is 175. The van der Waals surface area contributed by atoms with Crippen molar-refractivity contribution >= 4 is 5.78 Å². The molecule has 0 amide bonds. The SMILES string of the molecule is C=CCCCCCC(=O)C(C)C(C)N. The number of hydrogen-bond donors (Lipinski definition) is 1. The topological polar surface area (TPSA) is 43.1 Å². The highest BCUT2D eigenvalue weighted by Crippen LogP contribution is 2.10. The first-order chi connectivity index (χ1) is 6.59. The molecule has 2 heteroatoms. The zero-order chi connectivity index (χ0) is 11.0. The maximum Gasteiger partial charge on any atom is 0.137 e. The van der Waals surface area contributed by atoms with Crippen LogP contribution < -0.4 is 5.73 Å². The third-order valence-electron chi connectivity index (χ3n) is 2.63. The van der Waals surface area contributed by atoms with Crippen LogP contribution >= 0.6 is 0 Å². The number of unbranched alkanes of at least 4 members (excludes halogenated alkanes) is 3. The Labute approximate surface area is 87.6 Å². The van der Waals surface area contributed by atoms with E-state index in [-0.39, 0.29) is 12.0 Å². The standard InChI is InChI=1S/C12H23NO/c1-4-5-6-7-8-9-12(14)10(2)11(3)13/h4,10-11H,1,5-9,13H2,2-3H3. The highest BCUT2D eigenvalue weighted by molar-refractivity contribution is 5.81. The summed E-state index contributed by atoms with van der Waals surface area (Å²) in [6.07, 6.45) is 6.90. The van der Waals surface area contributed by atoms with Crippen LogP contribution in [0.1, 0.15) is 46.0 Å². The molecule has 0 rings (SSSR count). The van der Waals surface area contributed by atoms with E-state index in [1.54, 1.807) is 0 Å². The van der Waals surface area contributed by atoms with E-state index in [0.29, 0.717) is 12.2 Å². The molecule has 0 bridgehead atoms. The Morgan fingerprint density at radius 1 is 1.36 bits per heavy atom. The molecule has 82 valence electrons. The summed E-state index contributed by atoms with van der Waals surface area (Å²) in [4.78, 5) is 11.5. The fraction of sp³-hybridized carbons (Fsp3) is 0.750. The number of hydrogen-bond acceptors (Lipinski definition) is 2. The Morgan fingerprint density at radius 3 is 2.50 bits per heavy atom. The van der Waals surface area contributed by atoms with Crippen LogP contribution in [-0.4, -0.2) is 11.8 Å². The smallest absolute Gasteiger partial charge is 0.137 e. The van der Waals surface area contributed by atoms with E-state index in [0.717, 1.165) is 25.7 Å². The minimum absolute atomic E-state index is 0.00871. The van der Waals surface area contributed by atoms with Gasteiger partial charge in [-0.2, -0.15) is 0 Å². The molecule has 0 aromatic carbocycles. The molecule has 2 atom stereocenters. The van der Waals surface area contributed by atoms with Gasteiger partial charge in [-0.1, -0.05) is 19.4 Å². The molecule has 0 aliphatic heterocycles. The van der Waals surface area contributed by atoms with E-state index in [2.05, 4.69) is 6.58 Å². The normalized spacial score (nSPS) is 14.8. The molecule has 0 heterocycles. The van der Waals surface area contributed by atoms with E-state index in [4.69, 9.17) is 5.73 Å². The summed E-state index contributed by atoms with van der Waals surface area (Å²) in [5.74, 6) is 0.313. The van der Waals surface area contributed by atoms with Crippen molar-refractivity contribution in [1.29, 1.82) is 0 Å². The number of nitrogens with two attached hydrogens (primary N) is 1. The predicted octanol–water partition coefficient (Wildman–Crippen LogP) is 2.68. The molecule has 0 aliphatic rings. The van der Waals surface area contributed by atoms with Crippen LogP contribution in [0.4, 0.5) is 0 Å².